The fraction of sp³-hybridized carbons (Fsp3) is 0.467. The molecule has 4 nitrogen and oxygen atoms in total. The van der Waals surface area contributed by atoms with Crippen molar-refractivity contribution in [3.8, 4) is 0 Å². The van der Waals surface area contributed by atoms with Crippen LogP contribution in [-0.4, -0.2) is 21.6 Å². The molecule has 2 aromatic heterocycles. The Hall–Kier alpha value is -1.68. The topological polar surface area (TPSA) is 42.2 Å². The van der Waals surface area contributed by atoms with Crippen molar-refractivity contribution >= 4 is 0 Å². The first-order valence-corrected chi connectivity index (χ1v) is 6.95. The minimum absolute atomic E-state index is 0.369. The summed E-state index contributed by atoms with van der Waals surface area (Å²) in [4.78, 5) is 6.63. The summed E-state index contributed by atoms with van der Waals surface area (Å²) in [5.41, 5.74) is 2.30. The Balaban J connectivity index is 1.74. The summed E-state index contributed by atoms with van der Waals surface area (Å²) in [6.07, 6.45) is 7.05. The third-order valence-electron chi connectivity index (χ3n) is 3.74. The van der Waals surface area contributed by atoms with Gasteiger partial charge in [0.15, 0.2) is 5.76 Å². The van der Waals surface area contributed by atoms with E-state index in [1.165, 1.54) is 12.0 Å². The van der Waals surface area contributed by atoms with Crippen LogP contribution in [0.2, 0.25) is 0 Å². The summed E-state index contributed by atoms with van der Waals surface area (Å²) in [6.45, 7) is 4.14. The smallest absolute Gasteiger partial charge is 0.154 e. The minimum atomic E-state index is 0.369. The van der Waals surface area contributed by atoms with Gasteiger partial charge in [-0.15, -0.1) is 0 Å². The minimum Gasteiger partial charge on any atom is -0.359 e. The lowest BCUT2D eigenvalue weighted by molar-refractivity contribution is 0.206. The fourth-order valence-corrected chi connectivity index (χ4v) is 2.72. The van der Waals surface area contributed by atoms with Crippen LogP contribution in [0, 0.1) is 0 Å². The molecule has 0 aromatic carbocycles. The molecule has 0 spiro atoms. The van der Waals surface area contributed by atoms with Crippen LogP contribution in [0.4, 0.5) is 0 Å². The Morgan fingerprint density at radius 3 is 3.16 bits per heavy atom. The molecule has 1 atom stereocenters. The molecule has 0 unspecified atom stereocenters. The maximum absolute atomic E-state index is 5.50. The van der Waals surface area contributed by atoms with Gasteiger partial charge in [-0.1, -0.05) is 18.1 Å². The van der Waals surface area contributed by atoms with E-state index in [1.807, 2.05) is 18.5 Å². The van der Waals surface area contributed by atoms with Gasteiger partial charge >= 0.3 is 0 Å². The van der Waals surface area contributed by atoms with Crippen LogP contribution in [0.1, 0.15) is 42.8 Å². The number of aryl methyl sites for hydroxylation is 1. The third kappa shape index (κ3) is 2.68. The largest absolute Gasteiger partial charge is 0.359 e. The van der Waals surface area contributed by atoms with Gasteiger partial charge in [-0.05, 0) is 37.4 Å². The van der Waals surface area contributed by atoms with Gasteiger partial charge in [0.1, 0.15) is 0 Å². The molecular weight excluding hydrogens is 238 g/mol. The molecule has 3 rings (SSSR count). The Labute approximate surface area is 113 Å². The zero-order valence-corrected chi connectivity index (χ0v) is 11.2. The van der Waals surface area contributed by atoms with Gasteiger partial charge in [0, 0.05) is 25.0 Å². The molecule has 0 saturated carbocycles. The average molecular weight is 257 g/mol. The van der Waals surface area contributed by atoms with Crippen LogP contribution in [0.15, 0.2) is 35.1 Å². The number of rotatable bonds is 4. The van der Waals surface area contributed by atoms with Gasteiger partial charge < -0.3 is 4.52 Å². The molecule has 3 heterocycles. The van der Waals surface area contributed by atoms with Crippen molar-refractivity contribution in [2.24, 2.45) is 0 Å². The Bertz CT molecular complexity index is 523. The number of hydrogen-bond acceptors (Lipinski definition) is 4. The Kier molecular flexibility index (Phi) is 3.60. The first-order chi connectivity index (χ1) is 9.36. The van der Waals surface area contributed by atoms with Crippen molar-refractivity contribution in [1.82, 2.24) is 15.0 Å². The van der Waals surface area contributed by atoms with Gasteiger partial charge in [0.25, 0.3) is 0 Å². The van der Waals surface area contributed by atoms with E-state index in [2.05, 4.69) is 34.1 Å². The predicted molar refractivity (Wildman–Crippen MR) is 72.5 cm³/mol. The van der Waals surface area contributed by atoms with Crippen molar-refractivity contribution < 1.29 is 4.52 Å². The molecular formula is C15H19N3O. The van der Waals surface area contributed by atoms with Gasteiger partial charge in [-0.3, -0.25) is 9.88 Å². The zero-order valence-electron chi connectivity index (χ0n) is 11.2. The first-order valence-electron chi connectivity index (χ1n) is 6.95. The molecule has 0 radical (unpaired) electrons. The summed E-state index contributed by atoms with van der Waals surface area (Å²) >= 11 is 0. The second-order valence-corrected chi connectivity index (χ2v) is 5.06. The van der Waals surface area contributed by atoms with Crippen LogP contribution < -0.4 is 0 Å². The summed E-state index contributed by atoms with van der Waals surface area (Å²) in [6, 6.07) is 6.59. The van der Waals surface area contributed by atoms with Crippen LogP contribution in [0.3, 0.4) is 0 Å². The molecule has 1 aliphatic rings. The van der Waals surface area contributed by atoms with E-state index >= 15 is 0 Å². The highest BCUT2D eigenvalue weighted by molar-refractivity contribution is 5.13. The van der Waals surface area contributed by atoms with Gasteiger partial charge in [0.05, 0.1) is 11.7 Å². The molecule has 1 saturated heterocycles. The van der Waals surface area contributed by atoms with Crippen molar-refractivity contribution in [1.29, 1.82) is 0 Å². The lowest BCUT2D eigenvalue weighted by Crippen LogP contribution is -2.22. The molecule has 4 heteroatoms. The highest BCUT2D eigenvalue weighted by Gasteiger charge is 2.29. The van der Waals surface area contributed by atoms with Crippen LogP contribution in [-0.2, 0) is 13.0 Å². The molecule has 1 fully saturated rings. The third-order valence-corrected chi connectivity index (χ3v) is 3.74. The van der Waals surface area contributed by atoms with Crippen molar-refractivity contribution in [3.63, 3.8) is 0 Å². The van der Waals surface area contributed by atoms with E-state index in [1.54, 1.807) is 0 Å². The summed E-state index contributed by atoms with van der Waals surface area (Å²) in [5.74, 6) is 1.01. The zero-order chi connectivity index (χ0) is 13.1. The molecule has 2 aromatic rings. The second kappa shape index (κ2) is 5.53. The highest BCUT2D eigenvalue weighted by Crippen LogP contribution is 2.33. The summed E-state index contributed by atoms with van der Waals surface area (Å²) in [7, 11) is 0. The standard InChI is InChI=1S/C15H19N3O/c1-2-13-9-15(19-17-13)14-6-4-8-18(14)11-12-5-3-7-16-10-12/h3,5,7,9-10,14H,2,4,6,8,11H2,1H3/t14-/m0/s1. The van der Waals surface area contributed by atoms with Crippen molar-refractivity contribution in [2.75, 3.05) is 6.54 Å². The molecule has 0 N–H and O–H groups in total. The number of hydrogen-bond donors (Lipinski definition) is 0. The van der Waals surface area contributed by atoms with Crippen LogP contribution in [0.5, 0.6) is 0 Å². The van der Waals surface area contributed by atoms with E-state index in [0.29, 0.717) is 6.04 Å². The quantitative estimate of drug-likeness (QED) is 0.844. The maximum atomic E-state index is 5.50. The summed E-state index contributed by atoms with van der Waals surface area (Å²) in [5, 5.41) is 4.11. The molecule has 0 amide bonds. The number of nitrogens with zero attached hydrogens (tertiary/aromatic N) is 3. The lowest BCUT2D eigenvalue weighted by Gasteiger charge is -2.22. The Morgan fingerprint density at radius 2 is 2.42 bits per heavy atom. The van der Waals surface area contributed by atoms with E-state index < -0.39 is 0 Å². The SMILES string of the molecule is CCc1cc([C@@H]2CCCN2Cc2cccnc2)on1. The van der Waals surface area contributed by atoms with Gasteiger partial charge in [-0.2, -0.15) is 0 Å². The molecule has 0 bridgehead atoms. The number of aromatic nitrogens is 2. The molecule has 19 heavy (non-hydrogen) atoms. The summed E-state index contributed by atoms with van der Waals surface area (Å²) < 4.78 is 5.50. The molecule has 1 aliphatic heterocycles. The van der Waals surface area contributed by atoms with Gasteiger partial charge in [-0.25, -0.2) is 0 Å². The number of pyridine rings is 1. The first kappa shape index (κ1) is 12.4. The fourth-order valence-electron chi connectivity index (χ4n) is 2.72. The lowest BCUT2D eigenvalue weighted by atomic mass is 10.1. The van der Waals surface area contributed by atoms with Crippen molar-refractivity contribution in [2.45, 2.75) is 38.8 Å². The average Bonchev–Trinajstić information content (AvgIpc) is 3.08. The Morgan fingerprint density at radius 1 is 1.47 bits per heavy atom. The van der Waals surface area contributed by atoms with E-state index in [0.717, 1.165) is 37.4 Å². The van der Waals surface area contributed by atoms with E-state index in [-0.39, 0.29) is 0 Å². The second-order valence-electron chi connectivity index (χ2n) is 5.06. The highest BCUT2D eigenvalue weighted by atomic mass is 16.5. The van der Waals surface area contributed by atoms with Crippen LogP contribution >= 0.6 is 0 Å². The van der Waals surface area contributed by atoms with Crippen LogP contribution in [0.25, 0.3) is 0 Å². The molecule has 100 valence electrons. The van der Waals surface area contributed by atoms with E-state index in [4.69, 9.17) is 4.52 Å². The maximum Gasteiger partial charge on any atom is 0.154 e. The van der Waals surface area contributed by atoms with E-state index in [9.17, 15) is 0 Å². The van der Waals surface area contributed by atoms with Crippen molar-refractivity contribution in [3.05, 3.63) is 47.6 Å². The monoisotopic (exact) mass is 257 g/mol. The number of likely N-dealkylation sites (tertiary alicyclic amines) is 1. The molecule has 0 aliphatic carbocycles. The predicted octanol–water partition coefficient (Wildman–Crippen LogP) is 2.97. The van der Waals surface area contributed by atoms with Gasteiger partial charge in [0.2, 0.25) is 0 Å². The normalized spacial score (nSPS) is 19.9.